The Morgan fingerprint density at radius 3 is 2.64 bits per heavy atom. The molecule has 0 saturated heterocycles. The van der Waals surface area contributed by atoms with Crippen LogP contribution in [0.25, 0.3) is 11.1 Å². The maximum absolute atomic E-state index is 11.9. The van der Waals surface area contributed by atoms with Gasteiger partial charge in [0.15, 0.2) is 0 Å². The summed E-state index contributed by atoms with van der Waals surface area (Å²) >= 11 is 0. The summed E-state index contributed by atoms with van der Waals surface area (Å²) in [6.07, 6.45) is 6.94. The zero-order valence-corrected chi connectivity index (χ0v) is 12.4. The van der Waals surface area contributed by atoms with Gasteiger partial charge in [-0.3, -0.25) is 9.48 Å². The molecule has 0 unspecified atom stereocenters. The molecule has 0 atom stereocenters. The zero-order chi connectivity index (χ0) is 15.5. The van der Waals surface area contributed by atoms with E-state index in [4.69, 9.17) is 4.74 Å². The van der Waals surface area contributed by atoms with E-state index in [1.54, 1.807) is 13.2 Å². The second kappa shape index (κ2) is 5.85. The zero-order valence-electron chi connectivity index (χ0n) is 12.4. The maximum Gasteiger partial charge on any atom is 0.313 e. The smallest absolute Gasteiger partial charge is 0.313 e. The van der Waals surface area contributed by atoms with E-state index in [9.17, 15) is 4.79 Å². The molecule has 1 aromatic carbocycles. The van der Waals surface area contributed by atoms with Gasteiger partial charge in [0.25, 0.3) is 5.88 Å². The molecular weight excluding hydrogens is 280 g/mol. The third kappa shape index (κ3) is 2.76. The van der Waals surface area contributed by atoms with E-state index in [-0.39, 0.29) is 11.4 Å². The fourth-order valence-corrected chi connectivity index (χ4v) is 2.06. The quantitative estimate of drug-likeness (QED) is 0.742. The first-order valence-electron chi connectivity index (χ1n) is 6.99. The van der Waals surface area contributed by atoms with Gasteiger partial charge in [-0.2, -0.15) is 5.10 Å². The Morgan fingerprint density at radius 1 is 1.18 bits per heavy atom. The van der Waals surface area contributed by atoms with Crippen molar-refractivity contribution in [1.82, 2.24) is 19.3 Å². The van der Waals surface area contributed by atoms with Gasteiger partial charge in [0, 0.05) is 37.7 Å². The highest BCUT2D eigenvalue weighted by Crippen LogP contribution is 2.23. The molecule has 112 valence electrons. The lowest BCUT2D eigenvalue weighted by molar-refractivity contribution is 0.448. The van der Waals surface area contributed by atoms with Gasteiger partial charge >= 0.3 is 5.56 Å². The number of rotatable bonds is 4. The van der Waals surface area contributed by atoms with E-state index >= 15 is 0 Å². The molecule has 0 spiro atoms. The Bertz CT molecular complexity index is 834. The van der Waals surface area contributed by atoms with Crippen LogP contribution in [0.1, 0.15) is 6.92 Å². The summed E-state index contributed by atoms with van der Waals surface area (Å²) in [5, 5.41) is 4.25. The van der Waals surface area contributed by atoms with Crippen LogP contribution in [0.2, 0.25) is 0 Å². The lowest BCUT2D eigenvalue weighted by Crippen LogP contribution is -2.18. The number of nitrogens with zero attached hydrogens (tertiary/aromatic N) is 4. The van der Waals surface area contributed by atoms with Crippen LogP contribution in [0.3, 0.4) is 0 Å². The van der Waals surface area contributed by atoms with Crippen LogP contribution in [-0.2, 0) is 13.6 Å². The Kier molecular flexibility index (Phi) is 3.74. The first kappa shape index (κ1) is 14.1. The molecule has 2 heterocycles. The largest absolute Gasteiger partial charge is 0.435 e. The fourth-order valence-electron chi connectivity index (χ4n) is 2.06. The van der Waals surface area contributed by atoms with Crippen molar-refractivity contribution in [3.63, 3.8) is 0 Å². The Labute approximate surface area is 127 Å². The third-order valence-corrected chi connectivity index (χ3v) is 3.34. The fraction of sp³-hybridized carbons (Fsp3) is 0.188. The van der Waals surface area contributed by atoms with Gasteiger partial charge in [-0.1, -0.05) is 12.1 Å². The van der Waals surface area contributed by atoms with Crippen LogP contribution in [0.15, 0.2) is 53.8 Å². The highest BCUT2D eigenvalue weighted by atomic mass is 16.5. The molecule has 0 aliphatic rings. The van der Waals surface area contributed by atoms with Gasteiger partial charge < -0.3 is 9.30 Å². The predicted molar refractivity (Wildman–Crippen MR) is 82.9 cm³/mol. The van der Waals surface area contributed by atoms with Crippen LogP contribution in [-0.4, -0.2) is 19.3 Å². The van der Waals surface area contributed by atoms with E-state index in [1.165, 1.54) is 10.8 Å². The summed E-state index contributed by atoms with van der Waals surface area (Å²) in [6, 6.07) is 7.49. The van der Waals surface area contributed by atoms with Gasteiger partial charge in [0.1, 0.15) is 5.75 Å². The monoisotopic (exact) mass is 296 g/mol. The van der Waals surface area contributed by atoms with Crippen molar-refractivity contribution in [2.24, 2.45) is 7.05 Å². The van der Waals surface area contributed by atoms with Crippen molar-refractivity contribution < 1.29 is 4.74 Å². The molecule has 0 N–H and O–H groups in total. The molecule has 0 fully saturated rings. The molecule has 0 saturated carbocycles. The van der Waals surface area contributed by atoms with Crippen LogP contribution in [0.4, 0.5) is 0 Å². The minimum atomic E-state index is -0.268. The van der Waals surface area contributed by atoms with Gasteiger partial charge in [0.05, 0.1) is 6.20 Å². The molecule has 22 heavy (non-hydrogen) atoms. The number of aryl methyl sites for hydroxylation is 2. The topological polar surface area (TPSA) is 61.9 Å². The van der Waals surface area contributed by atoms with Gasteiger partial charge in [-0.05, 0) is 24.6 Å². The minimum Gasteiger partial charge on any atom is -0.435 e. The summed E-state index contributed by atoms with van der Waals surface area (Å²) < 4.78 is 8.84. The molecule has 0 aliphatic heterocycles. The van der Waals surface area contributed by atoms with Crippen LogP contribution in [0, 0.1) is 0 Å². The second-order valence-corrected chi connectivity index (χ2v) is 4.86. The molecule has 0 bridgehead atoms. The number of aromatic nitrogens is 4. The van der Waals surface area contributed by atoms with Gasteiger partial charge in [-0.25, -0.2) is 4.98 Å². The van der Waals surface area contributed by atoms with E-state index in [1.807, 2.05) is 48.3 Å². The van der Waals surface area contributed by atoms with E-state index in [0.717, 1.165) is 17.7 Å². The average Bonchev–Trinajstić information content (AvgIpc) is 3.02. The highest BCUT2D eigenvalue weighted by Gasteiger charge is 2.06. The molecular formula is C16H16N4O2. The SMILES string of the molecule is CCn1cc(-c2ccc(Oc3nccn(C)c3=O)cc2)cn1. The summed E-state index contributed by atoms with van der Waals surface area (Å²) in [4.78, 5) is 15.8. The predicted octanol–water partition coefficient (Wildman–Crippen LogP) is 2.46. The Balaban J connectivity index is 1.82. The molecule has 0 aliphatic carbocycles. The van der Waals surface area contributed by atoms with Gasteiger partial charge in [-0.15, -0.1) is 0 Å². The molecule has 6 heteroatoms. The van der Waals surface area contributed by atoms with Crippen molar-refractivity contribution in [1.29, 1.82) is 0 Å². The standard InChI is InChI=1S/C16H16N4O2/c1-3-20-11-13(10-18-20)12-4-6-14(7-5-12)22-15-16(21)19(2)9-8-17-15/h4-11H,3H2,1-2H3. The van der Waals surface area contributed by atoms with E-state index in [2.05, 4.69) is 10.1 Å². The molecule has 3 rings (SSSR count). The minimum absolute atomic E-state index is 0.0663. The molecule has 2 aromatic heterocycles. The summed E-state index contributed by atoms with van der Waals surface area (Å²) in [7, 11) is 1.66. The summed E-state index contributed by atoms with van der Waals surface area (Å²) in [5.41, 5.74) is 1.82. The molecule has 3 aromatic rings. The maximum atomic E-state index is 11.9. The Hall–Kier alpha value is -2.89. The first-order chi connectivity index (χ1) is 10.7. The normalized spacial score (nSPS) is 10.6. The summed E-state index contributed by atoms with van der Waals surface area (Å²) in [6.45, 7) is 2.88. The van der Waals surface area contributed by atoms with Crippen molar-refractivity contribution >= 4 is 0 Å². The first-order valence-corrected chi connectivity index (χ1v) is 6.99. The second-order valence-electron chi connectivity index (χ2n) is 4.86. The molecule has 6 nitrogen and oxygen atoms in total. The van der Waals surface area contributed by atoms with E-state index < -0.39 is 0 Å². The molecule has 0 radical (unpaired) electrons. The van der Waals surface area contributed by atoms with Crippen LogP contribution < -0.4 is 10.3 Å². The van der Waals surface area contributed by atoms with Crippen molar-refractivity contribution in [3.8, 4) is 22.8 Å². The number of hydrogen-bond acceptors (Lipinski definition) is 4. The number of ether oxygens (including phenoxy) is 1. The van der Waals surface area contributed by atoms with Crippen molar-refractivity contribution in [3.05, 3.63) is 59.4 Å². The third-order valence-electron chi connectivity index (χ3n) is 3.34. The Morgan fingerprint density at radius 2 is 1.95 bits per heavy atom. The van der Waals surface area contributed by atoms with Gasteiger partial charge in [0.2, 0.25) is 0 Å². The van der Waals surface area contributed by atoms with E-state index in [0.29, 0.717) is 5.75 Å². The van der Waals surface area contributed by atoms with Crippen LogP contribution >= 0.6 is 0 Å². The number of benzene rings is 1. The van der Waals surface area contributed by atoms with Crippen molar-refractivity contribution in [2.75, 3.05) is 0 Å². The van der Waals surface area contributed by atoms with Crippen LogP contribution in [0.5, 0.6) is 11.6 Å². The lowest BCUT2D eigenvalue weighted by Gasteiger charge is -2.05. The highest BCUT2D eigenvalue weighted by molar-refractivity contribution is 5.62. The number of hydrogen-bond donors (Lipinski definition) is 0. The molecule has 0 amide bonds. The lowest BCUT2D eigenvalue weighted by atomic mass is 10.1. The van der Waals surface area contributed by atoms with Crippen molar-refractivity contribution in [2.45, 2.75) is 13.5 Å². The summed E-state index contributed by atoms with van der Waals surface area (Å²) in [5.74, 6) is 0.638. The average molecular weight is 296 g/mol.